The lowest BCUT2D eigenvalue weighted by molar-refractivity contribution is 0.619. The summed E-state index contributed by atoms with van der Waals surface area (Å²) >= 11 is 16.4. The predicted octanol–water partition coefficient (Wildman–Crippen LogP) is 6.44. The molecule has 1 atom stereocenters. The zero-order chi connectivity index (χ0) is 13.3. The first-order valence-corrected chi connectivity index (χ1v) is 7.84. The van der Waals surface area contributed by atoms with Crippen LogP contribution in [0.3, 0.4) is 0 Å². The van der Waals surface area contributed by atoms with Gasteiger partial charge in [-0.1, -0.05) is 37.9 Å². The Labute approximate surface area is 135 Å². The van der Waals surface area contributed by atoms with Gasteiger partial charge in [0.1, 0.15) is 5.82 Å². The SMILES string of the molecule is Fc1cc(C(Cl)c2cc(Br)ccc2Br)ccc1Br. The summed E-state index contributed by atoms with van der Waals surface area (Å²) in [4.78, 5) is 0. The lowest BCUT2D eigenvalue weighted by atomic mass is 10.0. The Morgan fingerprint density at radius 1 is 0.944 bits per heavy atom. The second-order valence-corrected chi connectivity index (χ2v) is 6.76. The van der Waals surface area contributed by atoms with Gasteiger partial charge in [0, 0.05) is 8.95 Å². The van der Waals surface area contributed by atoms with Gasteiger partial charge >= 0.3 is 0 Å². The molecule has 0 nitrogen and oxygen atoms in total. The molecule has 2 rings (SSSR count). The van der Waals surface area contributed by atoms with Crippen molar-refractivity contribution < 1.29 is 4.39 Å². The number of hydrogen-bond donors (Lipinski definition) is 0. The Morgan fingerprint density at radius 2 is 1.61 bits per heavy atom. The van der Waals surface area contributed by atoms with Gasteiger partial charge in [-0.3, -0.25) is 0 Å². The Balaban J connectivity index is 2.44. The molecule has 5 heteroatoms. The maximum atomic E-state index is 13.5. The van der Waals surface area contributed by atoms with E-state index in [-0.39, 0.29) is 5.82 Å². The van der Waals surface area contributed by atoms with Crippen LogP contribution in [0.25, 0.3) is 0 Å². The largest absolute Gasteiger partial charge is 0.206 e. The summed E-state index contributed by atoms with van der Waals surface area (Å²) < 4.78 is 15.8. The fourth-order valence-corrected chi connectivity index (χ4v) is 3.11. The molecule has 0 bridgehead atoms. The third-order valence-electron chi connectivity index (χ3n) is 2.47. The van der Waals surface area contributed by atoms with Crippen molar-refractivity contribution in [1.82, 2.24) is 0 Å². The standard InChI is InChI=1S/C13H7Br3ClF/c14-8-2-4-10(15)9(6-8)13(17)7-1-3-11(16)12(18)5-7/h1-6,13H. The van der Waals surface area contributed by atoms with Crippen LogP contribution in [0, 0.1) is 5.82 Å². The molecular formula is C13H7Br3ClF. The normalized spacial score (nSPS) is 12.5. The molecule has 0 heterocycles. The van der Waals surface area contributed by atoms with E-state index < -0.39 is 5.38 Å². The van der Waals surface area contributed by atoms with E-state index in [2.05, 4.69) is 47.8 Å². The van der Waals surface area contributed by atoms with Crippen LogP contribution >= 0.6 is 59.4 Å². The Morgan fingerprint density at radius 3 is 2.28 bits per heavy atom. The molecule has 2 aromatic rings. The van der Waals surface area contributed by atoms with Gasteiger partial charge in [-0.2, -0.15) is 0 Å². The van der Waals surface area contributed by atoms with Gasteiger partial charge in [-0.25, -0.2) is 4.39 Å². The van der Waals surface area contributed by atoms with Crippen molar-refractivity contribution in [2.24, 2.45) is 0 Å². The molecule has 0 aliphatic rings. The Kier molecular flexibility index (Phi) is 4.86. The molecule has 0 spiro atoms. The van der Waals surface area contributed by atoms with Crippen molar-refractivity contribution in [3.8, 4) is 0 Å². The van der Waals surface area contributed by atoms with Crippen molar-refractivity contribution in [3.63, 3.8) is 0 Å². The third kappa shape index (κ3) is 3.16. The zero-order valence-corrected chi connectivity index (χ0v) is 14.4. The first-order valence-electron chi connectivity index (χ1n) is 5.03. The highest BCUT2D eigenvalue weighted by molar-refractivity contribution is 9.11. The van der Waals surface area contributed by atoms with Crippen LogP contribution in [0.15, 0.2) is 49.8 Å². The fourth-order valence-electron chi connectivity index (χ4n) is 1.56. The second kappa shape index (κ2) is 6.04. The van der Waals surface area contributed by atoms with E-state index in [4.69, 9.17) is 11.6 Å². The average molecular weight is 457 g/mol. The van der Waals surface area contributed by atoms with Gasteiger partial charge in [0.2, 0.25) is 0 Å². The summed E-state index contributed by atoms with van der Waals surface area (Å²) in [6, 6.07) is 10.6. The predicted molar refractivity (Wildman–Crippen MR) is 83.6 cm³/mol. The van der Waals surface area contributed by atoms with Crippen molar-refractivity contribution in [1.29, 1.82) is 0 Å². The molecule has 0 amide bonds. The highest BCUT2D eigenvalue weighted by Gasteiger charge is 2.15. The van der Waals surface area contributed by atoms with E-state index in [0.717, 1.165) is 20.1 Å². The van der Waals surface area contributed by atoms with Crippen LogP contribution in [-0.4, -0.2) is 0 Å². The molecule has 0 aliphatic heterocycles. The van der Waals surface area contributed by atoms with Crippen molar-refractivity contribution >= 4 is 59.4 Å². The minimum Gasteiger partial charge on any atom is -0.206 e. The molecule has 0 radical (unpaired) electrons. The van der Waals surface area contributed by atoms with E-state index >= 15 is 0 Å². The number of rotatable bonds is 2. The quantitative estimate of drug-likeness (QED) is 0.456. The molecule has 0 aromatic heterocycles. The summed E-state index contributed by atoms with van der Waals surface area (Å²) in [5.41, 5.74) is 1.61. The highest BCUT2D eigenvalue weighted by atomic mass is 79.9. The molecule has 0 aliphatic carbocycles. The first-order chi connectivity index (χ1) is 8.49. The summed E-state index contributed by atoms with van der Waals surface area (Å²) in [5, 5.41) is -0.403. The lowest BCUT2D eigenvalue weighted by Gasteiger charge is -2.13. The van der Waals surface area contributed by atoms with Gasteiger partial charge in [-0.05, 0) is 57.4 Å². The highest BCUT2D eigenvalue weighted by Crippen LogP contribution is 2.36. The van der Waals surface area contributed by atoms with Crippen LogP contribution in [0.5, 0.6) is 0 Å². The van der Waals surface area contributed by atoms with Crippen LogP contribution in [0.2, 0.25) is 0 Å². The fraction of sp³-hybridized carbons (Fsp3) is 0.0769. The Bertz CT molecular complexity index is 586. The van der Waals surface area contributed by atoms with Crippen molar-refractivity contribution in [2.75, 3.05) is 0 Å². The van der Waals surface area contributed by atoms with Crippen LogP contribution in [-0.2, 0) is 0 Å². The first kappa shape index (κ1) is 14.5. The molecule has 0 saturated carbocycles. The number of hydrogen-bond acceptors (Lipinski definition) is 0. The minimum atomic E-state index is -0.403. The van der Waals surface area contributed by atoms with Gasteiger partial charge in [0.15, 0.2) is 0 Å². The lowest BCUT2D eigenvalue weighted by Crippen LogP contribution is -1.96. The van der Waals surface area contributed by atoms with Crippen molar-refractivity contribution in [2.45, 2.75) is 5.38 Å². The summed E-state index contributed by atoms with van der Waals surface area (Å²) in [5.74, 6) is -0.315. The monoisotopic (exact) mass is 454 g/mol. The minimum absolute atomic E-state index is 0.315. The third-order valence-corrected chi connectivity index (χ3v) is 4.81. The van der Waals surface area contributed by atoms with Gasteiger partial charge < -0.3 is 0 Å². The average Bonchev–Trinajstić information content (AvgIpc) is 2.35. The van der Waals surface area contributed by atoms with E-state index in [1.165, 1.54) is 6.07 Å². The topological polar surface area (TPSA) is 0 Å². The van der Waals surface area contributed by atoms with Crippen LogP contribution < -0.4 is 0 Å². The maximum absolute atomic E-state index is 13.5. The maximum Gasteiger partial charge on any atom is 0.137 e. The molecular weight excluding hydrogens is 450 g/mol. The number of benzene rings is 2. The summed E-state index contributed by atoms with van der Waals surface area (Å²) in [6.45, 7) is 0. The van der Waals surface area contributed by atoms with Gasteiger partial charge in [-0.15, -0.1) is 11.6 Å². The molecule has 0 fully saturated rings. The van der Waals surface area contributed by atoms with Crippen LogP contribution in [0.4, 0.5) is 4.39 Å². The zero-order valence-electron chi connectivity index (χ0n) is 8.93. The molecule has 1 unspecified atom stereocenters. The number of halogens is 5. The van der Waals surface area contributed by atoms with Gasteiger partial charge in [0.05, 0.1) is 9.85 Å². The summed E-state index contributed by atoms with van der Waals surface area (Å²) in [6.07, 6.45) is 0. The van der Waals surface area contributed by atoms with E-state index in [1.54, 1.807) is 12.1 Å². The molecule has 0 saturated heterocycles. The molecule has 0 N–H and O–H groups in total. The van der Waals surface area contributed by atoms with E-state index in [0.29, 0.717) is 4.47 Å². The smallest absolute Gasteiger partial charge is 0.137 e. The van der Waals surface area contributed by atoms with E-state index in [9.17, 15) is 4.39 Å². The molecule has 94 valence electrons. The van der Waals surface area contributed by atoms with Crippen molar-refractivity contribution in [3.05, 3.63) is 66.8 Å². The number of alkyl halides is 1. The Hall–Kier alpha value is 0.1000. The molecule has 18 heavy (non-hydrogen) atoms. The summed E-state index contributed by atoms with van der Waals surface area (Å²) in [7, 11) is 0. The van der Waals surface area contributed by atoms with E-state index in [1.807, 2.05) is 18.2 Å². The van der Waals surface area contributed by atoms with Gasteiger partial charge in [0.25, 0.3) is 0 Å². The molecule has 2 aromatic carbocycles. The van der Waals surface area contributed by atoms with Crippen LogP contribution in [0.1, 0.15) is 16.5 Å². The second-order valence-electron chi connectivity index (χ2n) is 3.70.